The molecule has 1 atom stereocenters. The standard InChI is InChI=1S/C22H25BrCl2N2O2S/c1-3-9-26-22(29)15(2)27(12-16-5-4-6-18(23)10-16)21(28)14-30-13-17-7-8-19(24)11-20(17)25/h4-8,10-11,15H,3,9,12-14H2,1-2H3,(H,26,29). The number of carbonyl (C=O) groups excluding carboxylic acids is 2. The molecule has 2 amide bonds. The van der Waals surface area contributed by atoms with Crippen LogP contribution in [0.25, 0.3) is 0 Å². The van der Waals surface area contributed by atoms with E-state index in [4.69, 9.17) is 23.2 Å². The predicted octanol–water partition coefficient (Wildman–Crippen LogP) is 5.93. The molecule has 2 aromatic rings. The number of hydrogen-bond donors (Lipinski definition) is 1. The molecule has 2 aromatic carbocycles. The van der Waals surface area contributed by atoms with E-state index in [1.54, 1.807) is 24.0 Å². The van der Waals surface area contributed by atoms with Crippen molar-refractivity contribution in [2.24, 2.45) is 0 Å². The summed E-state index contributed by atoms with van der Waals surface area (Å²) in [5.74, 6) is 0.594. The number of benzene rings is 2. The number of nitrogens with zero attached hydrogens (tertiary/aromatic N) is 1. The van der Waals surface area contributed by atoms with Gasteiger partial charge in [0.05, 0.1) is 5.75 Å². The van der Waals surface area contributed by atoms with Crippen LogP contribution in [0.3, 0.4) is 0 Å². The second-order valence-electron chi connectivity index (χ2n) is 6.85. The van der Waals surface area contributed by atoms with Gasteiger partial charge in [-0.3, -0.25) is 9.59 Å². The third-order valence-corrected chi connectivity index (χ3v) is 6.50. The lowest BCUT2D eigenvalue weighted by Gasteiger charge is -2.29. The molecule has 4 nitrogen and oxygen atoms in total. The molecule has 0 bridgehead atoms. The van der Waals surface area contributed by atoms with Crippen molar-refractivity contribution >= 4 is 62.7 Å². The third kappa shape index (κ3) is 7.80. The Morgan fingerprint density at radius 3 is 2.63 bits per heavy atom. The summed E-state index contributed by atoms with van der Waals surface area (Å²) in [6.45, 7) is 4.71. The zero-order chi connectivity index (χ0) is 22.1. The van der Waals surface area contributed by atoms with E-state index in [-0.39, 0.29) is 17.6 Å². The van der Waals surface area contributed by atoms with Gasteiger partial charge >= 0.3 is 0 Å². The van der Waals surface area contributed by atoms with Gasteiger partial charge in [0.25, 0.3) is 0 Å². The molecule has 30 heavy (non-hydrogen) atoms. The molecule has 0 aliphatic heterocycles. The van der Waals surface area contributed by atoms with Crippen molar-refractivity contribution in [1.29, 1.82) is 0 Å². The van der Waals surface area contributed by atoms with Gasteiger partial charge in [0.15, 0.2) is 0 Å². The Balaban J connectivity index is 2.07. The van der Waals surface area contributed by atoms with Gasteiger partial charge in [0, 0.05) is 33.4 Å². The number of carbonyl (C=O) groups is 2. The first-order valence-corrected chi connectivity index (χ1v) is 12.4. The van der Waals surface area contributed by atoms with E-state index in [1.165, 1.54) is 11.8 Å². The molecule has 1 unspecified atom stereocenters. The summed E-state index contributed by atoms with van der Waals surface area (Å²) in [6.07, 6.45) is 0.843. The van der Waals surface area contributed by atoms with E-state index >= 15 is 0 Å². The molecular formula is C22H25BrCl2N2O2S. The Hall–Kier alpha value is -1.21. The van der Waals surface area contributed by atoms with Crippen LogP contribution in [-0.2, 0) is 21.9 Å². The Bertz CT molecular complexity index is 882. The maximum absolute atomic E-state index is 13.0. The summed E-state index contributed by atoms with van der Waals surface area (Å²) < 4.78 is 0.933. The average molecular weight is 532 g/mol. The number of rotatable bonds is 10. The number of halogens is 3. The van der Waals surface area contributed by atoms with E-state index < -0.39 is 6.04 Å². The Morgan fingerprint density at radius 1 is 1.20 bits per heavy atom. The lowest BCUT2D eigenvalue weighted by molar-refractivity contribution is -0.138. The minimum absolute atomic E-state index is 0.0933. The van der Waals surface area contributed by atoms with Crippen molar-refractivity contribution in [3.8, 4) is 0 Å². The molecular weight excluding hydrogens is 507 g/mol. The fraction of sp³-hybridized carbons (Fsp3) is 0.364. The molecule has 0 fully saturated rings. The quantitative estimate of drug-likeness (QED) is 0.413. The van der Waals surface area contributed by atoms with E-state index in [9.17, 15) is 9.59 Å². The van der Waals surface area contributed by atoms with Gasteiger partial charge < -0.3 is 10.2 Å². The molecule has 0 aliphatic carbocycles. The molecule has 0 saturated carbocycles. The smallest absolute Gasteiger partial charge is 0.242 e. The minimum Gasteiger partial charge on any atom is -0.354 e. The molecule has 1 N–H and O–H groups in total. The molecule has 0 aliphatic rings. The minimum atomic E-state index is -0.567. The third-order valence-electron chi connectivity index (χ3n) is 4.46. The topological polar surface area (TPSA) is 49.4 Å². The van der Waals surface area contributed by atoms with Crippen molar-refractivity contribution in [1.82, 2.24) is 10.2 Å². The monoisotopic (exact) mass is 530 g/mol. The molecule has 2 rings (SSSR count). The van der Waals surface area contributed by atoms with E-state index in [2.05, 4.69) is 21.2 Å². The fourth-order valence-corrected chi connectivity index (χ4v) is 4.70. The van der Waals surface area contributed by atoms with Crippen molar-refractivity contribution in [3.05, 3.63) is 68.1 Å². The summed E-state index contributed by atoms with van der Waals surface area (Å²) in [4.78, 5) is 27.2. The van der Waals surface area contributed by atoms with E-state index in [0.717, 1.165) is 22.0 Å². The Morgan fingerprint density at radius 2 is 1.97 bits per heavy atom. The largest absolute Gasteiger partial charge is 0.354 e. The summed E-state index contributed by atoms with van der Waals surface area (Å²) in [5, 5.41) is 4.04. The molecule has 0 heterocycles. The van der Waals surface area contributed by atoms with E-state index in [1.807, 2.05) is 37.3 Å². The van der Waals surface area contributed by atoms with Crippen LogP contribution in [0, 0.1) is 0 Å². The average Bonchev–Trinajstić information content (AvgIpc) is 2.71. The summed E-state index contributed by atoms with van der Waals surface area (Å²) in [7, 11) is 0. The first kappa shape index (κ1) is 25.1. The van der Waals surface area contributed by atoms with Gasteiger partial charge in [0.2, 0.25) is 11.8 Å². The zero-order valence-electron chi connectivity index (χ0n) is 17.0. The molecule has 0 aromatic heterocycles. The fourth-order valence-electron chi connectivity index (χ4n) is 2.78. The molecule has 0 spiro atoms. The van der Waals surface area contributed by atoms with Crippen molar-refractivity contribution in [3.63, 3.8) is 0 Å². The van der Waals surface area contributed by atoms with Gasteiger partial charge in [-0.15, -0.1) is 11.8 Å². The van der Waals surface area contributed by atoms with Gasteiger partial charge in [-0.05, 0) is 48.7 Å². The van der Waals surface area contributed by atoms with Gasteiger partial charge in [-0.1, -0.05) is 64.3 Å². The van der Waals surface area contributed by atoms with Gasteiger partial charge in [0.1, 0.15) is 6.04 Å². The number of amides is 2. The van der Waals surface area contributed by atoms with Crippen molar-refractivity contribution < 1.29 is 9.59 Å². The summed E-state index contributed by atoms with van der Waals surface area (Å²) in [6, 6.07) is 12.5. The highest BCUT2D eigenvalue weighted by Gasteiger charge is 2.25. The lowest BCUT2D eigenvalue weighted by atomic mass is 10.1. The lowest BCUT2D eigenvalue weighted by Crippen LogP contribution is -2.48. The van der Waals surface area contributed by atoms with Crippen LogP contribution in [0.5, 0.6) is 0 Å². The van der Waals surface area contributed by atoms with Gasteiger partial charge in [-0.2, -0.15) is 0 Å². The van der Waals surface area contributed by atoms with E-state index in [0.29, 0.717) is 28.9 Å². The van der Waals surface area contributed by atoms with Crippen molar-refractivity contribution in [2.75, 3.05) is 12.3 Å². The Labute approximate surface area is 200 Å². The zero-order valence-corrected chi connectivity index (χ0v) is 20.9. The van der Waals surface area contributed by atoms with Crippen LogP contribution in [0.1, 0.15) is 31.4 Å². The summed E-state index contributed by atoms with van der Waals surface area (Å²) >= 11 is 17.1. The number of hydrogen-bond acceptors (Lipinski definition) is 3. The first-order valence-electron chi connectivity index (χ1n) is 9.65. The highest BCUT2D eigenvalue weighted by atomic mass is 79.9. The molecule has 8 heteroatoms. The SMILES string of the molecule is CCCNC(=O)C(C)N(Cc1cccc(Br)c1)C(=O)CSCc1ccc(Cl)cc1Cl. The predicted molar refractivity (Wildman–Crippen MR) is 130 cm³/mol. The highest BCUT2D eigenvalue weighted by molar-refractivity contribution is 9.10. The summed E-state index contributed by atoms with van der Waals surface area (Å²) in [5.41, 5.74) is 1.88. The molecule has 162 valence electrons. The van der Waals surface area contributed by atoms with Crippen molar-refractivity contribution in [2.45, 2.75) is 38.6 Å². The number of thioether (sulfide) groups is 1. The molecule has 0 saturated heterocycles. The second-order valence-corrected chi connectivity index (χ2v) is 9.59. The maximum atomic E-state index is 13.0. The Kier molecular flexibility index (Phi) is 10.5. The van der Waals surface area contributed by atoms with Crippen LogP contribution >= 0.6 is 50.9 Å². The van der Waals surface area contributed by atoms with Crippen LogP contribution in [0.4, 0.5) is 0 Å². The second kappa shape index (κ2) is 12.6. The van der Waals surface area contributed by atoms with Crippen LogP contribution in [0.15, 0.2) is 46.9 Å². The molecule has 0 radical (unpaired) electrons. The highest BCUT2D eigenvalue weighted by Crippen LogP contribution is 2.25. The van der Waals surface area contributed by atoms with Crippen LogP contribution < -0.4 is 5.32 Å². The number of nitrogens with one attached hydrogen (secondary N) is 1. The van der Waals surface area contributed by atoms with Crippen LogP contribution in [-0.4, -0.2) is 35.1 Å². The van der Waals surface area contributed by atoms with Crippen LogP contribution in [0.2, 0.25) is 10.0 Å². The normalized spacial score (nSPS) is 11.8. The maximum Gasteiger partial charge on any atom is 0.242 e. The first-order chi connectivity index (χ1) is 14.3. The van der Waals surface area contributed by atoms with Gasteiger partial charge in [-0.25, -0.2) is 0 Å².